The van der Waals surface area contributed by atoms with Gasteiger partial charge in [-0.2, -0.15) is 5.26 Å². The van der Waals surface area contributed by atoms with Gasteiger partial charge in [0.2, 0.25) is 17.7 Å². The lowest BCUT2D eigenvalue weighted by Crippen LogP contribution is -2.58. The van der Waals surface area contributed by atoms with Crippen molar-refractivity contribution >= 4 is 76.3 Å². The predicted octanol–water partition coefficient (Wildman–Crippen LogP) is 6.24. The van der Waals surface area contributed by atoms with E-state index in [0.717, 1.165) is 57.3 Å². The Hall–Kier alpha value is -3.60. The monoisotopic (exact) mass is 795 g/mol. The molecule has 2 aromatic rings. The molecule has 3 saturated heterocycles. The molecule has 11 nitrogen and oxygen atoms in total. The molecule has 3 heterocycles. The third-order valence-corrected chi connectivity index (χ3v) is 12.4. The van der Waals surface area contributed by atoms with Crippen LogP contribution >= 0.6 is 36.2 Å². The summed E-state index contributed by atoms with van der Waals surface area (Å²) >= 11 is 12.2. The summed E-state index contributed by atoms with van der Waals surface area (Å²) in [7, 11) is 0. The number of piperidine rings is 1. The molecule has 4 aliphatic rings. The number of amides is 4. The first-order valence-corrected chi connectivity index (χ1v) is 19.6. The fourth-order valence-corrected chi connectivity index (χ4v) is 9.60. The number of rotatable bonds is 10. The zero-order chi connectivity index (χ0) is 38.0. The number of nitrogens with zero attached hydrogens (tertiary/aromatic N) is 5. The number of piperazine rings is 1. The van der Waals surface area contributed by atoms with Gasteiger partial charge in [-0.1, -0.05) is 23.7 Å². The minimum atomic E-state index is -0.768. The Bertz CT molecular complexity index is 1780. The highest BCUT2D eigenvalue weighted by molar-refractivity contribution is 7.80. The molecule has 14 heteroatoms. The van der Waals surface area contributed by atoms with Crippen LogP contribution in [0.1, 0.15) is 96.1 Å². The smallest absolute Gasteiger partial charge is 0.258 e. The number of nitrogens with one attached hydrogen (secondary N) is 2. The van der Waals surface area contributed by atoms with E-state index in [9.17, 15) is 24.4 Å². The summed E-state index contributed by atoms with van der Waals surface area (Å²) in [5, 5.41) is 15.5. The van der Waals surface area contributed by atoms with Gasteiger partial charge in [0.25, 0.3) is 5.91 Å². The van der Waals surface area contributed by atoms with E-state index in [4.69, 9.17) is 23.8 Å². The summed E-state index contributed by atoms with van der Waals surface area (Å²) in [6.45, 7) is 11.5. The van der Waals surface area contributed by atoms with E-state index >= 15 is 0 Å². The number of nitriles is 1. The maximum Gasteiger partial charge on any atom is 0.258 e. The fraction of sp³-hybridized carbons (Fsp3) is 0.550. The van der Waals surface area contributed by atoms with Crippen molar-refractivity contribution in [3.05, 3.63) is 58.6 Å². The Labute approximate surface area is 335 Å². The Morgan fingerprint density at radius 3 is 2.30 bits per heavy atom. The van der Waals surface area contributed by atoms with E-state index in [0.29, 0.717) is 52.4 Å². The Morgan fingerprint density at radius 1 is 1.02 bits per heavy atom. The number of hydrogen-bond donors (Lipinski definition) is 2. The molecule has 1 unspecified atom stereocenters. The van der Waals surface area contributed by atoms with E-state index in [1.807, 2.05) is 38.1 Å². The molecular formula is C40H51Cl2N7O4S. The highest BCUT2D eigenvalue weighted by atomic mass is 35.5. The second kappa shape index (κ2) is 17.5. The molecule has 0 radical (unpaired) electrons. The number of carbonyl (C=O) groups is 4. The fourth-order valence-electron chi connectivity index (χ4n) is 8.82. The van der Waals surface area contributed by atoms with Gasteiger partial charge in [0, 0.05) is 43.3 Å². The average molecular weight is 797 g/mol. The number of benzene rings is 2. The Kier molecular flexibility index (Phi) is 13.4. The normalized spacial score (nSPS) is 26.3. The van der Waals surface area contributed by atoms with Crippen LogP contribution in [0.2, 0.25) is 5.02 Å². The van der Waals surface area contributed by atoms with Gasteiger partial charge >= 0.3 is 0 Å². The lowest BCUT2D eigenvalue weighted by molar-refractivity contribution is -0.134. The topological polar surface area (TPSA) is 129 Å². The van der Waals surface area contributed by atoms with Crippen molar-refractivity contribution in [1.82, 2.24) is 20.0 Å². The van der Waals surface area contributed by atoms with Gasteiger partial charge in [0.15, 0.2) is 5.11 Å². The van der Waals surface area contributed by atoms with Crippen LogP contribution in [0.3, 0.4) is 0 Å². The van der Waals surface area contributed by atoms with Gasteiger partial charge in [0.1, 0.15) is 11.6 Å². The lowest BCUT2D eigenvalue weighted by Gasteiger charge is -2.44. The molecule has 0 aromatic heterocycles. The number of thiocarbonyl (C=S) groups is 1. The molecular weight excluding hydrogens is 745 g/mol. The van der Waals surface area contributed by atoms with E-state index in [2.05, 4.69) is 45.3 Å². The molecule has 290 valence electrons. The van der Waals surface area contributed by atoms with Crippen LogP contribution in [0.25, 0.3) is 0 Å². The second-order valence-corrected chi connectivity index (χ2v) is 16.5. The van der Waals surface area contributed by atoms with Crippen molar-refractivity contribution < 1.29 is 19.2 Å². The summed E-state index contributed by atoms with van der Waals surface area (Å²) in [4.78, 5) is 58.9. The lowest BCUT2D eigenvalue weighted by atomic mass is 9.82. The third kappa shape index (κ3) is 8.92. The van der Waals surface area contributed by atoms with Crippen molar-refractivity contribution in [3.63, 3.8) is 0 Å². The number of imide groups is 1. The Balaban J connectivity index is 0.00000561. The molecule has 0 bridgehead atoms. The summed E-state index contributed by atoms with van der Waals surface area (Å²) < 4.78 is 0. The predicted molar refractivity (Wildman–Crippen MR) is 217 cm³/mol. The molecule has 1 saturated carbocycles. The molecule has 2 N–H and O–H groups in total. The summed E-state index contributed by atoms with van der Waals surface area (Å²) in [6, 6.07) is 15.1. The molecule has 3 aliphatic heterocycles. The summed E-state index contributed by atoms with van der Waals surface area (Å²) in [5.74, 6) is -0.335. The first kappa shape index (κ1) is 41.6. The molecule has 2 aromatic carbocycles. The molecule has 3 atom stereocenters. The highest BCUT2D eigenvalue weighted by Crippen LogP contribution is 2.40. The van der Waals surface area contributed by atoms with Crippen LogP contribution in [0.4, 0.5) is 11.4 Å². The van der Waals surface area contributed by atoms with Gasteiger partial charge in [0.05, 0.1) is 28.7 Å². The van der Waals surface area contributed by atoms with Crippen molar-refractivity contribution in [3.8, 4) is 6.07 Å². The molecule has 0 spiro atoms. The minimum absolute atomic E-state index is 0. The summed E-state index contributed by atoms with van der Waals surface area (Å²) in [6.07, 6.45) is 7.31. The van der Waals surface area contributed by atoms with Gasteiger partial charge in [-0.05, 0) is 133 Å². The number of carbonyl (C=O) groups excluding carboxylic acids is 4. The zero-order valence-corrected chi connectivity index (χ0v) is 33.9. The SMILES string of the molecule is C[C@@H]1CN(CCCC2CCC(N3C(=S)N(c4ccc(C#N)c(Cl)c4)C(=O)C3(C)C)CC2)C[C@H](C)N1CC(=O)Nc1ccc(C2CCC(=O)NC2=O)cc1.Cl. The molecule has 6 rings (SSSR count). The largest absolute Gasteiger partial charge is 0.331 e. The summed E-state index contributed by atoms with van der Waals surface area (Å²) in [5.41, 5.74) is 1.72. The van der Waals surface area contributed by atoms with Gasteiger partial charge in [-0.25, -0.2) is 0 Å². The molecule has 1 aliphatic carbocycles. The number of anilines is 2. The maximum atomic E-state index is 13.6. The van der Waals surface area contributed by atoms with Crippen LogP contribution in [0.5, 0.6) is 0 Å². The van der Waals surface area contributed by atoms with Crippen LogP contribution in [-0.2, 0) is 19.2 Å². The second-order valence-electron chi connectivity index (χ2n) is 15.7. The zero-order valence-electron chi connectivity index (χ0n) is 31.5. The first-order chi connectivity index (χ1) is 25.3. The highest BCUT2D eigenvalue weighted by Gasteiger charge is 2.52. The van der Waals surface area contributed by atoms with Gasteiger partial charge in [-0.3, -0.25) is 34.3 Å². The average Bonchev–Trinajstić information content (AvgIpc) is 3.29. The van der Waals surface area contributed by atoms with Crippen molar-refractivity contribution in [2.24, 2.45) is 5.92 Å². The van der Waals surface area contributed by atoms with Crippen LogP contribution in [0, 0.1) is 17.2 Å². The van der Waals surface area contributed by atoms with Crippen LogP contribution < -0.4 is 15.5 Å². The number of halogens is 2. The quantitative estimate of drug-likeness (QED) is 0.212. The molecule has 4 fully saturated rings. The van der Waals surface area contributed by atoms with Crippen LogP contribution in [-0.4, -0.2) is 93.3 Å². The van der Waals surface area contributed by atoms with Crippen molar-refractivity contribution in [2.75, 3.05) is 36.4 Å². The van der Waals surface area contributed by atoms with Gasteiger partial charge < -0.3 is 15.1 Å². The minimum Gasteiger partial charge on any atom is -0.331 e. The number of hydrogen-bond acceptors (Lipinski definition) is 8. The molecule has 54 heavy (non-hydrogen) atoms. The van der Waals surface area contributed by atoms with Crippen molar-refractivity contribution in [1.29, 1.82) is 5.26 Å². The standard InChI is InChI=1S/C40H50ClN7O4S.ClH/c1-25-22-45(23-26(2)46(25)24-36(50)43-30-12-9-28(10-13-30)33-17-18-35(49)44-37(33)51)19-5-6-27-7-14-31(15-8-27)48-39(53)47(38(52)40(48,3)4)32-16-11-29(21-42)34(41)20-32;/h9-13,16,20,25-27,31,33H,5-8,14-15,17-19,22-24H2,1-4H3,(H,43,50)(H,44,49,51);1H/t25-,26+,27?,31?,33?;. The third-order valence-electron chi connectivity index (χ3n) is 11.7. The van der Waals surface area contributed by atoms with E-state index in [1.54, 1.807) is 23.1 Å². The van der Waals surface area contributed by atoms with E-state index in [-0.39, 0.29) is 60.1 Å². The molecule has 4 amide bonds. The maximum absolute atomic E-state index is 13.6. The van der Waals surface area contributed by atoms with E-state index in [1.165, 1.54) is 6.42 Å². The van der Waals surface area contributed by atoms with E-state index < -0.39 is 5.54 Å². The van der Waals surface area contributed by atoms with Crippen LogP contribution in [0.15, 0.2) is 42.5 Å². The van der Waals surface area contributed by atoms with Crippen molar-refractivity contribution in [2.45, 2.75) is 109 Å². The van der Waals surface area contributed by atoms with Gasteiger partial charge in [-0.15, -0.1) is 12.4 Å². The first-order valence-electron chi connectivity index (χ1n) is 18.9. The Morgan fingerprint density at radius 2 is 1.69 bits per heavy atom.